The van der Waals surface area contributed by atoms with Crippen LogP contribution in [-0.4, -0.2) is 11.3 Å². The Hall–Kier alpha value is -0.410. The predicted molar refractivity (Wildman–Crippen MR) is 62.5 cm³/mol. The number of thioether (sulfide) groups is 1. The zero-order valence-corrected chi connectivity index (χ0v) is 9.93. The summed E-state index contributed by atoms with van der Waals surface area (Å²) in [5, 5.41) is 0.477. The molecule has 0 fully saturated rings. The Morgan fingerprint density at radius 1 is 1.36 bits per heavy atom. The molecule has 1 aromatic heterocycles. The molecule has 80 valence electrons. The quantitative estimate of drug-likeness (QED) is 0.817. The molecule has 3 heteroatoms. The number of furan rings is 1. The number of hydrogen-bond acceptors (Lipinski definition) is 3. The molecule has 0 spiro atoms. The summed E-state index contributed by atoms with van der Waals surface area (Å²) in [6.07, 6.45) is 0.966. The van der Waals surface area contributed by atoms with Gasteiger partial charge in [-0.15, -0.1) is 11.8 Å². The van der Waals surface area contributed by atoms with Gasteiger partial charge in [0, 0.05) is 17.7 Å². The van der Waals surface area contributed by atoms with E-state index >= 15 is 0 Å². The molecular formula is C11H19NOS. The van der Waals surface area contributed by atoms with E-state index in [9.17, 15) is 0 Å². The van der Waals surface area contributed by atoms with Gasteiger partial charge in [-0.2, -0.15) is 0 Å². The number of hydrogen-bond donors (Lipinski definition) is 1. The minimum atomic E-state index is 0.237. The van der Waals surface area contributed by atoms with Crippen molar-refractivity contribution in [3.63, 3.8) is 0 Å². The van der Waals surface area contributed by atoms with Crippen molar-refractivity contribution in [3.05, 3.63) is 23.7 Å². The second-order valence-corrected chi connectivity index (χ2v) is 4.96. The van der Waals surface area contributed by atoms with Gasteiger partial charge in [-0.3, -0.25) is 0 Å². The van der Waals surface area contributed by atoms with E-state index < -0.39 is 0 Å². The molecule has 0 radical (unpaired) electrons. The minimum absolute atomic E-state index is 0.237. The van der Waals surface area contributed by atoms with Crippen molar-refractivity contribution in [2.45, 2.75) is 44.2 Å². The van der Waals surface area contributed by atoms with E-state index in [1.165, 1.54) is 0 Å². The lowest BCUT2D eigenvalue weighted by Crippen LogP contribution is -2.26. The molecule has 2 unspecified atom stereocenters. The van der Waals surface area contributed by atoms with Crippen LogP contribution in [0.25, 0.3) is 0 Å². The molecule has 0 saturated heterocycles. The van der Waals surface area contributed by atoms with Crippen LogP contribution in [0.1, 0.15) is 32.3 Å². The zero-order valence-electron chi connectivity index (χ0n) is 9.12. The second-order valence-electron chi connectivity index (χ2n) is 3.60. The summed E-state index contributed by atoms with van der Waals surface area (Å²) >= 11 is 1.84. The highest BCUT2D eigenvalue weighted by molar-refractivity contribution is 7.99. The molecule has 0 bridgehead atoms. The maximum Gasteiger partial charge on any atom is 0.114 e. The van der Waals surface area contributed by atoms with Gasteiger partial charge in [-0.05, 0) is 19.1 Å². The van der Waals surface area contributed by atoms with Gasteiger partial charge in [0.25, 0.3) is 0 Å². The summed E-state index contributed by atoms with van der Waals surface area (Å²) < 4.78 is 5.60. The third-order valence-corrected chi connectivity index (χ3v) is 3.70. The predicted octanol–water partition coefficient (Wildman–Crippen LogP) is 2.81. The van der Waals surface area contributed by atoms with Crippen molar-refractivity contribution in [1.29, 1.82) is 0 Å². The van der Waals surface area contributed by atoms with Crippen molar-refractivity contribution in [2.24, 2.45) is 5.73 Å². The van der Waals surface area contributed by atoms with Crippen LogP contribution in [0.15, 0.2) is 16.5 Å². The van der Waals surface area contributed by atoms with Crippen LogP contribution < -0.4 is 5.73 Å². The summed E-state index contributed by atoms with van der Waals surface area (Å²) in [5.41, 5.74) is 5.78. The number of nitrogens with two attached hydrogens (primary N) is 1. The Morgan fingerprint density at radius 2 is 2.00 bits per heavy atom. The van der Waals surface area contributed by atoms with Gasteiger partial charge in [0.05, 0.1) is 5.75 Å². The van der Waals surface area contributed by atoms with Gasteiger partial charge in [-0.1, -0.05) is 13.8 Å². The molecular weight excluding hydrogens is 194 g/mol. The Morgan fingerprint density at radius 3 is 2.50 bits per heavy atom. The maximum absolute atomic E-state index is 5.78. The lowest BCUT2D eigenvalue weighted by molar-refractivity contribution is 0.485. The fraction of sp³-hybridized carbons (Fsp3) is 0.636. The van der Waals surface area contributed by atoms with Crippen molar-refractivity contribution in [3.8, 4) is 0 Å². The molecule has 0 saturated carbocycles. The molecule has 0 aromatic carbocycles. The molecule has 1 aromatic rings. The Balaban J connectivity index is 2.37. The van der Waals surface area contributed by atoms with E-state index in [4.69, 9.17) is 10.2 Å². The summed E-state index contributed by atoms with van der Waals surface area (Å²) in [4.78, 5) is 0. The molecule has 0 aliphatic heterocycles. The summed E-state index contributed by atoms with van der Waals surface area (Å²) in [6.45, 7) is 6.29. The average molecular weight is 213 g/mol. The van der Waals surface area contributed by atoms with Crippen LogP contribution in [-0.2, 0) is 12.2 Å². The highest BCUT2D eigenvalue weighted by Crippen LogP contribution is 2.20. The molecule has 1 heterocycles. The summed E-state index contributed by atoms with van der Waals surface area (Å²) in [7, 11) is 0. The van der Waals surface area contributed by atoms with Crippen molar-refractivity contribution in [2.75, 3.05) is 0 Å². The normalized spacial score (nSPS) is 15.4. The van der Waals surface area contributed by atoms with Crippen LogP contribution in [0, 0.1) is 0 Å². The molecule has 0 amide bonds. The van der Waals surface area contributed by atoms with Gasteiger partial charge in [0.1, 0.15) is 11.5 Å². The molecule has 2 nitrogen and oxygen atoms in total. The van der Waals surface area contributed by atoms with Crippen molar-refractivity contribution >= 4 is 11.8 Å². The SMILES string of the molecule is CCc1ccc(CSC(C)C(C)N)o1. The van der Waals surface area contributed by atoms with Gasteiger partial charge in [0.2, 0.25) is 0 Å². The fourth-order valence-corrected chi connectivity index (χ4v) is 1.94. The van der Waals surface area contributed by atoms with Crippen LogP contribution in [0.3, 0.4) is 0 Å². The lowest BCUT2D eigenvalue weighted by atomic mass is 10.3. The lowest BCUT2D eigenvalue weighted by Gasteiger charge is -2.13. The standard InChI is InChI=1S/C11H19NOS/c1-4-10-5-6-11(13-10)7-14-9(3)8(2)12/h5-6,8-9H,4,7,12H2,1-3H3. The Bertz CT molecular complexity index is 270. The fourth-order valence-electron chi connectivity index (χ4n) is 1.06. The molecule has 2 atom stereocenters. The minimum Gasteiger partial charge on any atom is -0.465 e. The summed E-state index contributed by atoms with van der Waals surface area (Å²) in [5.74, 6) is 3.04. The van der Waals surface area contributed by atoms with Crippen LogP contribution in [0.2, 0.25) is 0 Å². The number of aryl methyl sites for hydroxylation is 1. The third kappa shape index (κ3) is 3.39. The van der Waals surface area contributed by atoms with Crippen LogP contribution in [0.4, 0.5) is 0 Å². The Labute approximate surface area is 90.2 Å². The molecule has 0 aliphatic rings. The van der Waals surface area contributed by atoms with Crippen molar-refractivity contribution in [1.82, 2.24) is 0 Å². The van der Waals surface area contributed by atoms with Crippen molar-refractivity contribution < 1.29 is 4.42 Å². The van der Waals surface area contributed by atoms with E-state index in [-0.39, 0.29) is 6.04 Å². The van der Waals surface area contributed by atoms with Gasteiger partial charge in [0.15, 0.2) is 0 Å². The molecule has 0 aliphatic carbocycles. The topological polar surface area (TPSA) is 39.2 Å². The maximum atomic E-state index is 5.78. The van der Waals surface area contributed by atoms with E-state index in [1.54, 1.807) is 0 Å². The number of rotatable bonds is 5. The largest absolute Gasteiger partial charge is 0.465 e. The van der Waals surface area contributed by atoms with Gasteiger partial charge in [-0.25, -0.2) is 0 Å². The van der Waals surface area contributed by atoms with Gasteiger partial charge >= 0.3 is 0 Å². The molecule has 1 rings (SSSR count). The Kier molecular flexibility index (Phi) is 4.55. The first-order valence-corrected chi connectivity index (χ1v) is 6.13. The average Bonchev–Trinajstić information content (AvgIpc) is 2.61. The van der Waals surface area contributed by atoms with E-state index in [2.05, 4.69) is 19.9 Å². The van der Waals surface area contributed by atoms with E-state index in [1.807, 2.05) is 24.8 Å². The highest BCUT2D eigenvalue weighted by Gasteiger charge is 2.09. The third-order valence-electron chi connectivity index (χ3n) is 2.29. The van der Waals surface area contributed by atoms with Gasteiger partial charge < -0.3 is 10.2 Å². The first-order valence-electron chi connectivity index (χ1n) is 5.08. The first kappa shape index (κ1) is 11.7. The first-order chi connectivity index (χ1) is 6.63. The zero-order chi connectivity index (χ0) is 10.6. The monoisotopic (exact) mass is 213 g/mol. The van der Waals surface area contributed by atoms with E-state index in [0.717, 1.165) is 23.7 Å². The van der Waals surface area contributed by atoms with Crippen LogP contribution in [0.5, 0.6) is 0 Å². The summed E-state index contributed by atoms with van der Waals surface area (Å²) in [6, 6.07) is 4.34. The molecule has 14 heavy (non-hydrogen) atoms. The smallest absolute Gasteiger partial charge is 0.114 e. The van der Waals surface area contributed by atoms with E-state index in [0.29, 0.717) is 5.25 Å². The molecule has 2 N–H and O–H groups in total. The highest BCUT2D eigenvalue weighted by atomic mass is 32.2. The van der Waals surface area contributed by atoms with Crippen LogP contribution >= 0.6 is 11.8 Å². The second kappa shape index (κ2) is 5.47.